The van der Waals surface area contributed by atoms with Crippen LogP contribution in [0, 0.1) is 11.3 Å². The highest BCUT2D eigenvalue weighted by molar-refractivity contribution is 7.08. The van der Waals surface area contributed by atoms with Crippen LogP contribution in [-0.2, 0) is 4.79 Å². The van der Waals surface area contributed by atoms with Crippen LogP contribution in [0.2, 0.25) is 0 Å². The van der Waals surface area contributed by atoms with Gasteiger partial charge in [-0.3, -0.25) is 9.59 Å². The zero-order valence-electron chi connectivity index (χ0n) is 11.3. The summed E-state index contributed by atoms with van der Waals surface area (Å²) in [5.41, 5.74) is -0.812. The molecule has 0 saturated carbocycles. The summed E-state index contributed by atoms with van der Waals surface area (Å²) in [5, 5.41) is 9.67. The van der Waals surface area contributed by atoms with Gasteiger partial charge < -0.3 is 14.9 Å². The first-order chi connectivity index (χ1) is 9.53. The first-order valence-electron chi connectivity index (χ1n) is 6.65. The lowest BCUT2D eigenvalue weighted by Gasteiger charge is -2.39. The number of fused-ring (bicyclic) bond motifs is 1. The van der Waals surface area contributed by atoms with Crippen molar-refractivity contribution in [3.63, 3.8) is 0 Å². The Bertz CT molecular complexity index is 533. The number of carboxylic acid groups (broad SMARTS) is 1. The number of amides is 1. The Hall–Kier alpha value is -1.47. The standard InChI is InChI=1S/C13H17N3O3S/c1-15-5-3-9-6-16(8-13(9,7-15)12(18)19)11(17)10-2-4-14-20-10/h2,4,9H,3,5-8H2,1H3,(H,18,19)/t9-,13-/m0/s1. The molecule has 0 radical (unpaired) electrons. The zero-order chi connectivity index (χ0) is 14.3. The average Bonchev–Trinajstić information content (AvgIpc) is 3.05. The van der Waals surface area contributed by atoms with Crippen LogP contribution >= 0.6 is 11.5 Å². The van der Waals surface area contributed by atoms with Crippen molar-refractivity contribution in [2.45, 2.75) is 6.42 Å². The van der Waals surface area contributed by atoms with Crippen molar-refractivity contribution >= 4 is 23.4 Å². The number of hydrogen-bond donors (Lipinski definition) is 1. The predicted octanol–water partition coefficient (Wildman–Crippen LogP) is 0.622. The molecule has 7 heteroatoms. The molecule has 0 bridgehead atoms. The largest absolute Gasteiger partial charge is 0.481 e. The number of carboxylic acids is 1. The minimum absolute atomic E-state index is 0.0491. The van der Waals surface area contributed by atoms with Crippen LogP contribution in [0.3, 0.4) is 0 Å². The molecular weight excluding hydrogens is 278 g/mol. The van der Waals surface area contributed by atoms with Crippen LogP contribution in [0.15, 0.2) is 12.3 Å². The molecule has 1 N–H and O–H groups in total. The highest BCUT2D eigenvalue weighted by Gasteiger charge is 2.55. The third-order valence-corrected chi connectivity index (χ3v) is 5.20. The number of aliphatic carboxylic acids is 1. The van der Waals surface area contributed by atoms with E-state index in [-0.39, 0.29) is 11.8 Å². The number of rotatable bonds is 2. The van der Waals surface area contributed by atoms with Crippen molar-refractivity contribution in [1.82, 2.24) is 14.2 Å². The number of carbonyl (C=O) groups is 2. The van der Waals surface area contributed by atoms with Gasteiger partial charge in [0, 0.05) is 25.8 Å². The van der Waals surface area contributed by atoms with Crippen molar-refractivity contribution in [2.75, 3.05) is 33.2 Å². The number of carbonyl (C=O) groups excluding carboxylic acids is 1. The van der Waals surface area contributed by atoms with Crippen LogP contribution in [0.4, 0.5) is 0 Å². The molecule has 2 fully saturated rings. The van der Waals surface area contributed by atoms with Gasteiger partial charge in [0.05, 0.1) is 0 Å². The van der Waals surface area contributed by atoms with Gasteiger partial charge in [-0.05, 0) is 43.5 Å². The second-order valence-corrected chi connectivity index (χ2v) is 6.58. The van der Waals surface area contributed by atoms with E-state index >= 15 is 0 Å². The van der Waals surface area contributed by atoms with Crippen molar-refractivity contribution < 1.29 is 14.7 Å². The van der Waals surface area contributed by atoms with Gasteiger partial charge in [-0.2, -0.15) is 0 Å². The number of piperidine rings is 1. The third kappa shape index (κ3) is 2.01. The fourth-order valence-corrected chi connectivity index (χ4v) is 3.97. The van der Waals surface area contributed by atoms with Gasteiger partial charge >= 0.3 is 5.97 Å². The van der Waals surface area contributed by atoms with Crippen LogP contribution in [0.5, 0.6) is 0 Å². The lowest BCUT2D eigenvalue weighted by atomic mass is 9.73. The quantitative estimate of drug-likeness (QED) is 0.866. The fourth-order valence-electron chi connectivity index (χ4n) is 3.41. The van der Waals surface area contributed by atoms with Gasteiger partial charge in [0.15, 0.2) is 0 Å². The highest BCUT2D eigenvalue weighted by Crippen LogP contribution is 2.42. The summed E-state index contributed by atoms with van der Waals surface area (Å²) in [4.78, 5) is 28.5. The zero-order valence-corrected chi connectivity index (χ0v) is 12.1. The van der Waals surface area contributed by atoms with Gasteiger partial charge in [-0.25, -0.2) is 4.37 Å². The predicted molar refractivity (Wildman–Crippen MR) is 73.7 cm³/mol. The molecular formula is C13H17N3O3S. The van der Waals surface area contributed by atoms with Gasteiger partial charge in [0.1, 0.15) is 10.3 Å². The smallest absolute Gasteiger partial charge is 0.313 e. The van der Waals surface area contributed by atoms with E-state index in [0.717, 1.165) is 24.5 Å². The Labute approximate surface area is 121 Å². The summed E-state index contributed by atoms with van der Waals surface area (Å²) in [6, 6.07) is 1.69. The maximum atomic E-state index is 12.4. The van der Waals surface area contributed by atoms with E-state index in [1.165, 1.54) is 0 Å². The molecule has 2 atom stereocenters. The summed E-state index contributed by atoms with van der Waals surface area (Å²) >= 11 is 1.16. The summed E-state index contributed by atoms with van der Waals surface area (Å²) in [6.45, 7) is 2.24. The molecule has 1 aromatic heterocycles. The molecule has 3 heterocycles. The molecule has 3 rings (SSSR count). The number of likely N-dealkylation sites (tertiary alicyclic amines) is 2. The molecule has 2 aliphatic heterocycles. The normalized spacial score (nSPS) is 30.2. The lowest BCUT2D eigenvalue weighted by molar-refractivity contribution is -0.153. The summed E-state index contributed by atoms with van der Waals surface area (Å²) in [6.07, 6.45) is 2.43. The molecule has 0 aliphatic carbocycles. The molecule has 0 unspecified atom stereocenters. The Morgan fingerprint density at radius 1 is 1.50 bits per heavy atom. The maximum Gasteiger partial charge on any atom is 0.313 e. The van der Waals surface area contributed by atoms with Crippen LogP contribution in [0.1, 0.15) is 16.1 Å². The Morgan fingerprint density at radius 2 is 2.30 bits per heavy atom. The van der Waals surface area contributed by atoms with Gasteiger partial charge in [-0.15, -0.1) is 0 Å². The fraction of sp³-hybridized carbons (Fsp3) is 0.615. The topological polar surface area (TPSA) is 73.7 Å². The van der Waals surface area contributed by atoms with Gasteiger partial charge in [0.25, 0.3) is 5.91 Å². The molecule has 108 valence electrons. The summed E-state index contributed by atoms with van der Waals surface area (Å²) < 4.78 is 3.94. The molecule has 2 saturated heterocycles. The van der Waals surface area contributed by atoms with Crippen molar-refractivity contribution in [1.29, 1.82) is 0 Å². The average molecular weight is 295 g/mol. The Kier molecular flexibility index (Phi) is 3.25. The van der Waals surface area contributed by atoms with Crippen molar-refractivity contribution in [3.05, 3.63) is 17.1 Å². The van der Waals surface area contributed by atoms with E-state index in [1.807, 2.05) is 11.9 Å². The van der Waals surface area contributed by atoms with Crippen molar-refractivity contribution in [3.8, 4) is 0 Å². The first kappa shape index (κ1) is 13.5. The van der Waals surface area contributed by atoms with Crippen LogP contribution < -0.4 is 0 Å². The SMILES string of the molecule is CN1CC[C@H]2CN(C(=O)c3ccns3)C[C@@]2(C(=O)O)C1. The van der Waals surface area contributed by atoms with Crippen LogP contribution in [-0.4, -0.2) is 64.4 Å². The molecule has 1 amide bonds. The van der Waals surface area contributed by atoms with E-state index in [4.69, 9.17) is 0 Å². The molecule has 1 aromatic rings. The van der Waals surface area contributed by atoms with E-state index in [2.05, 4.69) is 4.37 Å². The van der Waals surface area contributed by atoms with Crippen LogP contribution in [0.25, 0.3) is 0 Å². The lowest BCUT2D eigenvalue weighted by Crippen LogP contribution is -2.52. The number of nitrogens with zero attached hydrogens (tertiary/aromatic N) is 3. The van der Waals surface area contributed by atoms with Gasteiger partial charge in [0.2, 0.25) is 0 Å². The molecule has 0 aromatic carbocycles. The monoisotopic (exact) mass is 295 g/mol. The second-order valence-electron chi connectivity index (χ2n) is 5.75. The molecule has 20 heavy (non-hydrogen) atoms. The van der Waals surface area contributed by atoms with E-state index in [0.29, 0.717) is 24.5 Å². The molecule has 0 spiro atoms. The summed E-state index contributed by atoms with van der Waals surface area (Å²) in [5.74, 6) is -0.827. The molecule has 6 nitrogen and oxygen atoms in total. The summed E-state index contributed by atoms with van der Waals surface area (Å²) in [7, 11) is 1.94. The minimum atomic E-state index is -0.812. The third-order valence-electron chi connectivity index (χ3n) is 4.47. The van der Waals surface area contributed by atoms with E-state index in [1.54, 1.807) is 17.2 Å². The highest BCUT2D eigenvalue weighted by atomic mass is 32.1. The van der Waals surface area contributed by atoms with Crippen molar-refractivity contribution in [2.24, 2.45) is 11.3 Å². The number of aromatic nitrogens is 1. The van der Waals surface area contributed by atoms with E-state index in [9.17, 15) is 14.7 Å². The second kappa shape index (κ2) is 4.82. The maximum absolute atomic E-state index is 12.4. The Morgan fingerprint density at radius 3 is 2.95 bits per heavy atom. The Balaban J connectivity index is 1.85. The minimum Gasteiger partial charge on any atom is -0.481 e. The first-order valence-corrected chi connectivity index (χ1v) is 7.42. The molecule has 2 aliphatic rings. The van der Waals surface area contributed by atoms with E-state index < -0.39 is 11.4 Å². The van der Waals surface area contributed by atoms with Gasteiger partial charge in [-0.1, -0.05) is 0 Å². The number of hydrogen-bond acceptors (Lipinski definition) is 5.